The summed E-state index contributed by atoms with van der Waals surface area (Å²) >= 11 is 0. The van der Waals surface area contributed by atoms with E-state index < -0.39 is 5.92 Å². The molecule has 2 N–H and O–H groups in total. The van der Waals surface area contributed by atoms with Crippen LogP contribution in [0.15, 0.2) is 0 Å². The predicted molar refractivity (Wildman–Crippen MR) is 176 cm³/mol. The average Bonchev–Trinajstić information content (AvgIpc) is 3.73. The van der Waals surface area contributed by atoms with E-state index in [9.17, 15) is 8.78 Å². The largest absolute Gasteiger partial charge is 0.412 e. The monoisotopic (exact) mass is 555 g/mol. The van der Waals surface area contributed by atoms with Crippen molar-refractivity contribution >= 4 is 0 Å². The van der Waals surface area contributed by atoms with Crippen LogP contribution >= 0.6 is 0 Å². The maximum Gasteiger partial charge on any atom is 0.248 e. The summed E-state index contributed by atoms with van der Waals surface area (Å²) in [5.41, 5.74) is 0.580. The Kier molecular flexibility index (Phi) is 49.1. The molecule has 4 aliphatic carbocycles. The summed E-state index contributed by atoms with van der Waals surface area (Å²) in [6, 6.07) is 0. The van der Waals surface area contributed by atoms with Gasteiger partial charge >= 0.3 is 0 Å². The molecule has 38 heavy (non-hydrogen) atoms. The highest BCUT2D eigenvalue weighted by atomic mass is 19.3. The van der Waals surface area contributed by atoms with Crippen LogP contribution < -0.4 is 0 Å². The Morgan fingerprint density at radius 2 is 0.579 bits per heavy atom. The van der Waals surface area contributed by atoms with Crippen LogP contribution in [-0.4, -0.2) is 11.4 Å². The summed E-state index contributed by atoms with van der Waals surface area (Å²) < 4.78 is 24.9. The molecule has 0 atom stereocenters. The maximum absolute atomic E-state index is 12.4. The average molecular weight is 555 g/mol. The number of hydrogen-bond donors (Lipinski definition) is 0. The molecule has 1 nitrogen and oxygen atoms in total. The first-order valence-electron chi connectivity index (χ1n) is 16.6. The van der Waals surface area contributed by atoms with E-state index in [4.69, 9.17) is 0 Å². The minimum absolute atomic E-state index is 0. The van der Waals surface area contributed by atoms with Gasteiger partial charge in [-0.1, -0.05) is 173 Å². The number of rotatable bonds is 1. The predicted octanol–water partition coefficient (Wildman–Crippen LogP) is 13.9. The van der Waals surface area contributed by atoms with Crippen molar-refractivity contribution in [3.05, 3.63) is 0 Å². The minimum Gasteiger partial charge on any atom is -0.412 e. The third-order valence-electron chi connectivity index (χ3n) is 7.15. The van der Waals surface area contributed by atoms with Crippen molar-refractivity contribution in [2.75, 3.05) is 0 Å². The molecule has 0 spiro atoms. The van der Waals surface area contributed by atoms with E-state index in [1.807, 2.05) is 55.4 Å². The smallest absolute Gasteiger partial charge is 0.248 e. The van der Waals surface area contributed by atoms with Gasteiger partial charge in [-0.15, -0.1) is 0 Å². The van der Waals surface area contributed by atoms with E-state index >= 15 is 0 Å². The van der Waals surface area contributed by atoms with Crippen molar-refractivity contribution in [2.45, 2.75) is 212 Å². The van der Waals surface area contributed by atoms with Crippen molar-refractivity contribution in [3.63, 3.8) is 0 Å². The van der Waals surface area contributed by atoms with Crippen LogP contribution in [0.25, 0.3) is 0 Å². The fourth-order valence-electron chi connectivity index (χ4n) is 4.99. The molecule has 4 fully saturated rings. The molecule has 4 aliphatic rings. The molecule has 0 aromatic rings. The summed E-state index contributed by atoms with van der Waals surface area (Å²) in [5.74, 6) is -1.73. The van der Waals surface area contributed by atoms with E-state index in [1.54, 1.807) is 0 Å². The lowest BCUT2D eigenvalue weighted by Crippen LogP contribution is -2.20. The second-order valence-electron chi connectivity index (χ2n) is 10.8. The zero-order valence-electron chi connectivity index (χ0n) is 28.1. The summed E-state index contributed by atoms with van der Waals surface area (Å²) in [7, 11) is 0. The van der Waals surface area contributed by atoms with Gasteiger partial charge in [0.25, 0.3) is 0 Å². The van der Waals surface area contributed by atoms with Crippen LogP contribution in [-0.2, 0) is 0 Å². The Hall–Kier alpha value is -0.180. The zero-order chi connectivity index (χ0) is 28.9. The highest BCUT2D eigenvalue weighted by Gasteiger charge is 2.35. The van der Waals surface area contributed by atoms with Crippen LogP contribution in [0, 0.1) is 17.3 Å². The van der Waals surface area contributed by atoms with Gasteiger partial charge in [0.15, 0.2) is 0 Å². The molecule has 0 aromatic carbocycles. The molecule has 0 saturated heterocycles. The van der Waals surface area contributed by atoms with Crippen LogP contribution in [0.2, 0.25) is 0 Å². The molecule has 0 amide bonds. The highest BCUT2D eigenvalue weighted by molar-refractivity contribution is 4.78. The topological polar surface area (TPSA) is 31.5 Å². The van der Waals surface area contributed by atoms with Crippen LogP contribution in [0.3, 0.4) is 0 Å². The van der Waals surface area contributed by atoms with Gasteiger partial charge in [0.1, 0.15) is 0 Å². The third kappa shape index (κ3) is 33.8. The molecule has 4 saturated carbocycles. The van der Waals surface area contributed by atoms with Crippen LogP contribution in [0.4, 0.5) is 8.78 Å². The van der Waals surface area contributed by atoms with Gasteiger partial charge in [-0.05, 0) is 43.9 Å². The summed E-state index contributed by atoms with van der Waals surface area (Å²) in [6.07, 6.45) is 24.3. The van der Waals surface area contributed by atoms with Gasteiger partial charge in [-0.25, -0.2) is 8.78 Å². The van der Waals surface area contributed by atoms with E-state index in [0.29, 0.717) is 5.41 Å². The van der Waals surface area contributed by atoms with E-state index in [1.165, 1.54) is 89.9 Å². The quantitative estimate of drug-likeness (QED) is 0.309. The lowest BCUT2D eigenvalue weighted by molar-refractivity contribution is -0.0366. The van der Waals surface area contributed by atoms with E-state index in [2.05, 4.69) is 20.8 Å². The van der Waals surface area contributed by atoms with Gasteiger partial charge in [-0.3, -0.25) is 0 Å². The molecule has 0 aliphatic heterocycles. The number of alkyl halides is 2. The molecular weight excluding hydrogens is 474 g/mol. The molecule has 0 aromatic heterocycles. The van der Waals surface area contributed by atoms with Crippen LogP contribution in [0.5, 0.6) is 0 Å². The van der Waals surface area contributed by atoms with Crippen molar-refractivity contribution in [1.82, 2.24) is 0 Å². The lowest BCUT2D eigenvalue weighted by atomic mass is 9.80. The van der Waals surface area contributed by atoms with Gasteiger partial charge < -0.3 is 5.48 Å². The molecule has 4 rings (SSSR count). The standard InChI is InChI=1S/C9H18.C7H12F2.2C5H10.4C2H6.CH4.H2O/c1-9(2,3)8-6-4-5-7-8;1-7(8,9)6-4-2-3-5-6;2*1-2-4-5-3-1;4*1-2;;/h8H,4-7H2,1-3H3;6H,2-5H2,1H3;2*1-5H2;4*1-2H3;1H4;1H2. The van der Waals surface area contributed by atoms with Gasteiger partial charge in [0.05, 0.1) is 0 Å². The van der Waals surface area contributed by atoms with Crippen molar-refractivity contribution in [1.29, 1.82) is 0 Å². The third-order valence-corrected chi connectivity index (χ3v) is 7.15. The second-order valence-corrected chi connectivity index (χ2v) is 10.8. The molecule has 0 heterocycles. The van der Waals surface area contributed by atoms with E-state index in [-0.39, 0.29) is 18.8 Å². The molecule has 3 heteroatoms. The normalized spacial score (nSPS) is 17.8. The Bertz CT molecular complexity index is 300. The molecular formula is C35H80F2O. The summed E-state index contributed by atoms with van der Waals surface area (Å²) in [6.45, 7) is 24.1. The van der Waals surface area contributed by atoms with Crippen molar-refractivity contribution < 1.29 is 14.3 Å². The highest BCUT2D eigenvalue weighted by Crippen LogP contribution is 2.39. The molecule has 0 unspecified atom stereocenters. The lowest BCUT2D eigenvalue weighted by Gasteiger charge is -2.26. The van der Waals surface area contributed by atoms with Crippen molar-refractivity contribution in [3.8, 4) is 0 Å². The second kappa shape index (κ2) is 36.8. The van der Waals surface area contributed by atoms with Gasteiger partial charge in [-0.2, -0.15) is 0 Å². The minimum atomic E-state index is -2.42. The van der Waals surface area contributed by atoms with E-state index in [0.717, 1.165) is 38.5 Å². The van der Waals surface area contributed by atoms with Gasteiger partial charge in [0, 0.05) is 5.92 Å². The molecule has 0 bridgehead atoms. The Morgan fingerprint density at radius 3 is 0.684 bits per heavy atom. The Labute approximate surface area is 243 Å². The summed E-state index contributed by atoms with van der Waals surface area (Å²) in [4.78, 5) is 0. The zero-order valence-corrected chi connectivity index (χ0v) is 28.1. The number of hydrogen-bond acceptors (Lipinski definition) is 0. The first-order valence-corrected chi connectivity index (χ1v) is 16.6. The SMILES string of the molecule is C.C1CCCC1.C1CCCC1.CC.CC.CC.CC.CC(C)(C)C1CCCC1.CC(F)(F)C1CCCC1.O. The fourth-order valence-corrected chi connectivity index (χ4v) is 4.99. The maximum atomic E-state index is 12.4. The Morgan fingerprint density at radius 1 is 0.395 bits per heavy atom. The molecule has 240 valence electrons. The van der Waals surface area contributed by atoms with Gasteiger partial charge in [0.2, 0.25) is 5.92 Å². The Balaban J connectivity index is -0.0000000828. The summed E-state index contributed by atoms with van der Waals surface area (Å²) in [5, 5.41) is 0. The fraction of sp³-hybridized carbons (Fsp3) is 1.00. The first-order chi connectivity index (χ1) is 17.2. The van der Waals surface area contributed by atoms with Crippen molar-refractivity contribution in [2.24, 2.45) is 17.3 Å². The molecule has 0 radical (unpaired) electrons. The van der Waals surface area contributed by atoms with Crippen LogP contribution in [0.1, 0.15) is 206 Å². The number of halogens is 2. The first kappa shape index (κ1) is 50.6.